The van der Waals surface area contributed by atoms with E-state index in [-0.39, 0.29) is 9.13 Å². The van der Waals surface area contributed by atoms with Crippen LogP contribution in [0.15, 0.2) is 6.07 Å². The van der Waals surface area contributed by atoms with Crippen molar-refractivity contribution >= 4 is 22.6 Å². The summed E-state index contributed by atoms with van der Waals surface area (Å²) in [7, 11) is 0. The predicted molar refractivity (Wildman–Crippen MR) is 48.4 cm³/mol. The van der Waals surface area contributed by atoms with E-state index in [0.29, 0.717) is 6.42 Å². The standard InChI is InChI=1S/C8H6F3I/c1-2-4-3-5(12)7(10)8(11)6(4)9/h3H,2H2,1H3. The van der Waals surface area contributed by atoms with Crippen LogP contribution in [-0.4, -0.2) is 0 Å². The highest BCUT2D eigenvalue weighted by atomic mass is 127. The zero-order valence-electron chi connectivity index (χ0n) is 6.30. The van der Waals surface area contributed by atoms with Crippen molar-refractivity contribution in [1.29, 1.82) is 0 Å². The normalized spacial score (nSPS) is 10.4. The molecule has 0 heterocycles. The average molecular weight is 286 g/mol. The monoisotopic (exact) mass is 286 g/mol. The van der Waals surface area contributed by atoms with Gasteiger partial charge < -0.3 is 0 Å². The van der Waals surface area contributed by atoms with Crippen LogP contribution in [0.3, 0.4) is 0 Å². The first-order valence-corrected chi connectivity index (χ1v) is 4.47. The highest BCUT2D eigenvalue weighted by Crippen LogP contribution is 2.21. The molecule has 12 heavy (non-hydrogen) atoms. The Morgan fingerprint density at radius 3 is 2.25 bits per heavy atom. The molecule has 1 rings (SSSR count). The lowest BCUT2D eigenvalue weighted by Crippen LogP contribution is -1.99. The van der Waals surface area contributed by atoms with E-state index in [2.05, 4.69) is 0 Å². The molecule has 0 aliphatic heterocycles. The molecule has 0 aliphatic rings. The molecule has 0 bridgehead atoms. The smallest absolute Gasteiger partial charge is 0.195 e. The van der Waals surface area contributed by atoms with Gasteiger partial charge in [0.1, 0.15) is 0 Å². The first kappa shape index (κ1) is 9.83. The van der Waals surface area contributed by atoms with Gasteiger partial charge in [-0.2, -0.15) is 0 Å². The van der Waals surface area contributed by atoms with Crippen LogP contribution in [0.1, 0.15) is 12.5 Å². The van der Waals surface area contributed by atoms with Crippen molar-refractivity contribution in [1.82, 2.24) is 0 Å². The third-order valence-electron chi connectivity index (χ3n) is 1.56. The summed E-state index contributed by atoms with van der Waals surface area (Å²) in [6, 6.07) is 1.31. The first-order valence-electron chi connectivity index (χ1n) is 3.39. The van der Waals surface area contributed by atoms with Crippen LogP contribution >= 0.6 is 22.6 Å². The Balaban J connectivity index is 3.39. The van der Waals surface area contributed by atoms with Gasteiger partial charge in [0.05, 0.1) is 3.57 Å². The average Bonchev–Trinajstić information content (AvgIpc) is 2.08. The summed E-state index contributed by atoms with van der Waals surface area (Å²) in [5.74, 6) is -3.56. The second-order valence-corrected chi connectivity index (χ2v) is 3.48. The van der Waals surface area contributed by atoms with Crippen molar-refractivity contribution in [3.8, 4) is 0 Å². The maximum absolute atomic E-state index is 12.8. The number of aryl methyl sites for hydroxylation is 1. The molecule has 0 unspecified atom stereocenters. The fourth-order valence-electron chi connectivity index (χ4n) is 0.879. The Hall–Kier alpha value is -0.260. The second kappa shape index (κ2) is 3.64. The SMILES string of the molecule is CCc1cc(I)c(F)c(F)c1F. The third kappa shape index (κ3) is 1.57. The van der Waals surface area contributed by atoms with Crippen LogP contribution in [0.4, 0.5) is 13.2 Å². The number of hydrogen-bond donors (Lipinski definition) is 0. The van der Waals surface area contributed by atoms with Crippen LogP contribution in [0.2, 0.25) is 0 Å². The molecule has 0 aromatic heterocycles. The predicted octanol–water partition coefficient (Wildman–Crippen LogP) is 3.27. The zero-order chi connectivity index (χ0) is 9.30. The van der Waals surface area contributed by atoms with Crippen molar-refractivity contribution in [2.75, 3.05) is 0 Å². The zero-order valence-corrected chi connectivity index (χ0v) is 8.45. The van der Waals surface area contributed by atoms with Crippen molar-refractivity contribution < 1.29 is 13.2 Å². The van der Waals surface area contributed by atoms with Crippen molar-refractivity contribution in [3.63, 3.8) is 0 Å². The highest BCUT2D eigenvalue weighted by Gasteiger charge is 2.15. The van der Waals surface area contributed by atoms with E-state index in [0.717, 1.165) is 0 Å². The number of rotatable bonds is 1. The topological polar surface area (TPSA) is 0 Å². The molecule has 0 amide bonds. The van der Waals surface area contributed by atoms with Gasteiger partial charge in [0.25, 0.3) is 0 Å². The van der Waals surface area contributed by atoms with E-state index >= 15 is 0 Å². The lowest BCUT2D eigenvalue weighted by atomic mass is 10.1. The molecule has 0 radical (unpaired) electrons. The summed E-state index contributed by atoms with van der Waals surface area (Å²) in [6.07, 6.45) is 0.360. The van der Waals surface area contributed by atoms with Gasteiger partial charge in [-0.15, -0.1) is 0 Å². The van der Waals surface area contributed by atoms with Gasteiger partial charge >= 0.3 is 0 Å². The quantitative estimate of drug-likeness (QED) is 0.422. The summed E-state index contributed by atoms with van der Waals surface area (Å²) in [6.45, 7) is 1.69. The van der Waals surface area contributed by atoms with Gasteiger partial charge in [-0.25, -0.2) is 13.2 Å². The van der Waals surface area contributed by atoms with Crippen LogP contribution in [0.5, 0.6) is 0 Å². The lowest BCUT2D eigenvalue weighted by molar-refractivity contribution is 0.438. The molecule has 4 heteroatoms. The Labute approximate surface area is 81.9 Å². The van der Waals surface area contributed by atoms with Gasteiger partial charge in [0.2, 0.25) is 0 Å². The maximum atomic E-state index is 12.8. The highest BCUT2D eigenvalue weighted by molar-refractivity contribution is 14.1. The summed E-state index contributed by atoms with van der Waals surface area (Å²) in [5, 5.41) is 0. The van der Waals surface area contributed by atoms with Crippen LogP contribution < -0.4 is 0 Å². The van der Waals surface area contributed by atoms with Gasteiger partial charge in [-0.1, -0.05) is 6.92 Å². The van der Waals surface area contributed by atoms with Gasteiger partial charge in [0.15, 0.2) is 17.5 Å². The van der Waals surface area contributed by atoms with E-state index in [9.17, 15) is 13.2 Å². The van der Waals surface area contributed by atoms with Crippen molar-refractivity contribution in [3.05, 3.63) is 32.7 Å². The minimum atomic E-state index is -1.38. The number of halogens is 4. The number of hydrogen-bond acceptors (Lipinski definition) is 0. The number of benzene rings is 1. The molecule has 0 atom stereocenters. The molecule has 0 nitrogen and oxygen atoms in total. The molecular weight excluding hydrogens is 280 g/mol. The fourth-order valence-corrected chi connectivity index (χ4v) is 1.49. The van der Waals surface area contributed by atoms with Gasteiger partial charge in [0, 0.05) is 0 Å². The largest absolute Gasteiger partial charge is 0.203 e. The fraction of sp³-hybridized carbons (Fsp3) is 0.250. The molecular formula is C8H6F3I. The summed E-state index contributed by atoms with van der Waals surface area (Å²) in [4.78, 5) is 0. The Morgan fingerprint density at radius 2 is 1.75 bits per heavy atom. The Kier molecular flexibility index (Phi) is 2.98. The first-order chi connectivity index (χ1) is 5.57. The Morgan fingerprint density at radius 1 is 1.17 bits per heavy atom. The second-order valence-electron chi connectivity index (χ2n) is 2.31. The van der Waals surface area contributed by atoms with Gasteiger partial charge in [-0.05, 0) is 40.6 Å². The molecule has 1 aromatic carbocycles. The van der Waals surface area contributed by atoms with Crippen molar-refractivity contribution in [2.24, 2.45) is 0 Å². The maximum Gasteiger partial charge on any atom is 0.195 e. The van der Waals surface area contributed by atoms with Gasteiger partial charge in [-0.3, -0.25) is 0 Å². The summed E-state index contributed by atoms with van der Waals surface area (Å²) < 4.78 is 38.3. The molecule has 66 valence electrons. The third-order valence-corrected chi connectivity index (χ3v) is 2.34. The lowest BCUT2D eigenvalue weighted by Gasteiger charge is -2.03. The molecule has 0 saturated carbocycles. The van der Waals surface area contributed by atoms with E-state index < -0.39 is 17.5 Å². The van der Waals surface area contributed by atoms with Crippen molar-refractivity contribution in [2.45, 2.75) is 13.3 Å². The Bertz CT molecular complexity index is 310. The molecule has 0 aliphatic carbocycles. The molecule has 1 aromatic rings. The summed E-state index contributed by atoms with van der Waals surface area (Å²) >= 11 is 1.63. The van der Waals surface area contributed by atoms with E-state index in [1.807, 2.05) is 0 Å². The summed E-state index contributed by atoms with van der Waals surface area (Å²) in [5.41, 5.74) is 0.207. The molecule has 0 spiro atoms. The van der Waals surface area contributed by atoms with Crippen LogP contribution in [0.25, 0.3) is 0 Å². The molecule has 0 N–H and O–H groups in total. The van der Waals surface area contributed by atoms with E-state index in [4.69, 9.17) is 0 Å². The van der Waals surface area contributed by atoms with E-state index in [1.54, 1.807) is 29.5 Å². The minimum absolute atomic E-state index is 0.114. The van der Waals surface area contributed by atoms with Crippen LogP contribution in [-0.2, 0) is 6.42 Å². The van der Waals surface area contributed by atoms with Crippen LogP contribution in [0, 0.1) is 21.0 Å². The molecule has 0 fully saturated rings. The van der Waals surface area contributed by atoms with E-state index in [1.165, 1.54) is 6.07 Å². The molecule has 0 saturated heterocycles. The minimum Gasteiger partial charge on any atom is -0.203 e.